The molecular weight excluding hydrogens is 188 g/mol. The van der Waals surface area contributed by atoms with Gasteiger partial charge in [0.1, 0.15) is 12.0 Å². The monoisotopic (exact) mass is 204 g/mol. The van der Waals surface area contributed by atoms with Crippen LogP contribution >= 0.6 is 0 Å². The fourth-order valence-electron chi connectivity index (χ4n) is 1.46. The highest BCUT2D eigenvalue weighted by Gasteiger charge is 2.21. The van der Waals surface area contributed by atoms with Crippen molar-refractivity contribution in [2.45, 2.75) is 18.8 Å². The van der Waals surface area contributed by atoms with E-state index in [0.29, 0.717) is 6.42 Å². The molecule has 80 valence electrons. The molecule has 1 rings (SSSR count). The average Bonchev–Trinajstić information content (AvgIpc) is 2.29. The molecular formula is C13H16O2. The van der Waals surface area contributed by atoms with E-state index >= 15 is 0 Å². The van der Waals surface area contributed by atoms with E-state index in [1.807, 2.05) is 37.3 Å². The van der Waals surface area contributed by atoms with Crippen molar-refractivity contribution in [3.8, 4) is 5.75 Å². The van der Waals surface area contributed by atoms with Gasteiger partial charge in [0.15, 0.2) is 0 Å². The third-order valence-corrected chi connectivity index (χ3v) is 2.71. The van der Waals surface area contributed by atoms with Gasteiger partial charge in [-0.05, 0) is 17.7 Å². The second kappa shape index (κ2) is 4.78. The summed E-state index contributed by atoms with van der Waals surface area (Å²) in [4.78, 5) is 10.6. The van der Waals surface area contributed by atoms with Crippen molar-refractivity contribution in [3.05, 3.63) is 42.5 Å². The number of hydrogen-bond donors (Lipinski definition) is 0. The van der Waals surface area contributed by atoms with Gasteiger partial charge in [0.05, 0.1) is 7.11 Å². The van der Waals surface area contributed by atoms with Crippen LogP contribution in [0.25, 0.3) is 0 Å². The maximum Gasteiger partial charge on any atom is 0.121 e. The third kappa shape index (κ3) is 2.46. The van der Waals surface area contributed by atoms with Gasteiger partial charge in [-0.1, -0.05) is 25.1 Å². The van der Waals surface area contributed by atoms with Crippen molar-refractivity contribution < 1.29 is 9.53 Å². The van der Waals surface area contributed by atoms with Gasteiger partial charge in [0.2, 0.25) is 0 Å². The Hall–Kier alpha value is -1.57. The molecule has 1 aromatic rings. The third-order valence-electron chi connectivity index (χ3n) is 2.71. The van der Waals surface area contributed by atoms with E-state index in [0.717, 1.165) is 17.6 Å². The molecule has 0 spiro atoms. The Morgan fingerprint density at radius 1 is 1.40 bits per heavy atom. The normalized spacial score (nSPS) is 14.0. The number of rotatable bonds is 5. The standard InChI is InChI=1S/C13H16O2/c1-4-13(2,9-10-14)11-5-7-12(15-3)8-6-11/h4-8,10H,1,9H2,2-3H3/t13-/m0/s1. The van der Waals surface area contributed by atoms with Crippen LogP contribution in [0, 0.1) is 0 Å². The van der Waals surface area contributed by atoms with Crippen molar-refractivity contribution in [2.24, 2.45) is 0 Å². The van der Waals surface area contributed by atoms with Gasteiger partial charge in [-0.2, -0.15) is 0 Å². The molecule has 0 aromatic heterocycles. The SMILES string of the molecule is C=C[C@@](C)(CC=O)c1ccc(OC)cc1. The van der Waals surface area contributed by atoms with Crippen LogP contribution in [0.4, 0.5) is 0 Å². The Kier molecular flexibility index (Phi) is 3.67. The lowest BCUT2D eigenvalue weighted by atomic mass is 9.80. The van der Waals surface area contributed by atoms with E-state index in [1.165, 1.54) is 0 Å². The van der Waals surface area contributed by atoms with Gasteiger partial charge < -0.3 is 9.53 Å². The number of aldehydes is 1. The molecule has 0 bridgehead atoms. The van der Waals surface area contributed by atoms with E-state index in [2.05, 4.69) is 6.58 Å². The molecule has 1 aromatic carbocycles. The van der Waals surface area contributed by atoms with E-state index < -0.39 is 0 Å². The zero-order valence-corrected chi connectivity index (χ0v) is 9.19. The minimum Gasteiger partial charge on any atom is -0.497 e. The number of ether oxygens (including phenoxy) is 1. The highest BCUT2D eigenvalue weighted by Crippen LogP contribution is 2.29. The highest BCUT2D eigenvalue weighted by atomic mass is 16.5. The van der Waals surface area contributed by atoms with Crippen molar-refractivity contribution in [3.63, 3.8) is 0 Å². The Morgan fingerprint density at radius 3 is 2.40 bits per heavy atom. The summed E-state index contributed by atoms with van der Waals surface area (Å²) in [6, 6.07) is 7.71. The molecule has 0 fully saturated rings. The summed E-state index contributed by atoms with van der Waals surface area (Å²) < 4.78 is 5.08. The first-order valence-electron chi connectivity index (χ1n) is 4.88. The fraction of sp³-hybridized carbons (Fsp3) is 0.308. The summed E-state index contributed by atoms with van der Waals surface area (Å²) in [5.41, 5.74) is 0.791. The quantitative estimate of drug-likeness (QED) is 0.544. The zero-order valence-electron chi connectivity index (χ0n) is 9.19. The summed E-state index contributed by atoms with van der Waals surface area (Å²) in [6.07, 6.45) is 3.18. The van der Waals surface area contributed by atoms with Crippen LogP contribution in [0.5, 0.6) is 5.75 Å². The molecule has 2 heteroatoms. The van der Waals surface area contributed by atoms with Crippen molar-refractivity contribution in [1.82, 2.24) is 0 Å². The first kappa shape index (κ1) is 11.5. The molecule has 0 saturated carbocycles. The van der Waals surface area contributed by atoms with Crippen molar-refractivity contribution >= 4 is 6.29 Å². The Bertz CT molecular complexity index is 340. The van der Waals surface area contributed by atoms with Gasteiger partial charge >= 0.3 is 0 Å². The largest absolute Gasteiger partial charge is 0.497 e. The molecule has 0 amide bonds. The zero-order chi connectivity index (χ0) is 11.3. The maximum absolute atomic E-state index is 10.6. The van der Waals surface area contributed by atoms with Crippen LogP contribution < -0.4 is 4.74 Å². The minimum atomic E-state index is -0.284. The van der Waals surface area contributed by atoms with E-state index in [9.17, 15) is 4.79 Å². The molecule has 0 saturated heterocycles. The van der Waals surface area contributed by atoms with Crippen LogP contribution in [0.2, 0.25) is 0 Å². The van der Waals surface area contributed by atoms with E-state index in [1.54, 1.807) is 7.11 Å². The molecule has 0 aliphatic heterocycles. The summed E-state index contributed by atoms with van der Waals surface area (Å²) in [6.45, 7) is 5.78. The molecule has 0 aliphatic carbocycles. The molecule has 0 heterocycles. The van der Waals surface area contributed by atoms with Gasteiger partial charge in [-0.15, -0.1) is 6.58 Å². The van der Waals surface area contributed by atoms with Gasteiger partial charge in [0.25, 0.3) is 0 Å². The summed E-state index contributed by atoms with van der Waals surface area (Å²) in [7, 11) is 1.63. The minimum absolute atomic E-state index is 0.284. The highest BCUT2D eigenvalue weighted by molar-refractivity contribution is 5.55. The second-order valence-corrected chi connectivity index (χ2v) is 3.72. The van der Waals surface area contributed by atoms with Crippen LogP contribution in [0.1, 0.15) is 18.9 Å². The number of carbonyl (C=O) groups is 1. The van der Waals surface area contributed by atoms with E-state index in [4.69, 9.17) is 4.74 Å². The molecule has 2 nitrogen and oxygen atoms in total. The number of benzene rings is 1. The molecule has 0 aliphatic rings. The second-order valence-electron chi connectivity index (χ2n) is 3.72. The summed E-state index contributed by atoms with van der Waals surface area (Å²) in [5, 5.41) is 0. The lowest BCUT2D eigenvalue weighted by molar-refractivity contribution is -0.108. The predicted molar refractivity (Wildman–Crippen MR) is 61.2 cm³/mol. The van der Waals surface area contributed by atoms with Crippen LogP contribution in [-0.4, -0.2) is 13.4 Å². The fourth-order valence-corrected chi connectivity index (χ4v) is 1.46. The molecule has 1 atom stereocenters. The van der Waals surface area contributed by atoms with Crippen LogP contribution in [0.3, 0.4) is 0 Å². The predicted octanol–water partition coefficient (Wildman–Crippen LogP) is 2.73. The first-order valence-corrected chi connectivity index (χ1v) is 4.88. The smallest absolute Gasteiger partial charge is 0.121 e. The number of carbonyl (C=O) groups excluding carboxylic acids is 1. The van der Waals surface area contributed by atoms with Gasteiger partial charge in [0, 0.05) is 11.8 Å². The van der Waals surface area contributed by atoms with Crippen LogP contribution in [0.15, 0.2) is 36.9 Å². The Labute approximate surface area is 90.6 Å². The Morgan fingerprint density at radius 2 is 2.00 bits per heavy atom. The number of allylic oxidation sites excluding steroid dienone is 1. The van der Waals surface area contributed by atoms with E-state index in [-0.39, 0.29) is 5.41 Å². The van der Waals surface area contributed by atoms with Gasteiger partial charge in [-0.3, -0.25) is 0 Å². The molecule has 0 N–H and O–H groups in total. The maximum atomic E-state index is 10.6. The summed E-state index contributed by atoms with van der Waals surface area (Å²) in [5.74, 6) is 0.816. The topological polar surface area (TPSA) is 26.3 Å². The molecule has 0 unspecified atom stereocenters. The van der Waals surface area contributed by atoms with Gasteiger partial charge in [-0.25, -0.2) is 0 Å². The summed E-state index contributed by atoms with van der Waals surface area (Å²) >= 11 is 0. The van der Waals surface area contributed by atoms with Crippen molar-refractivity contribution in [1.29, 1.82) is 0 Å². The van der Waals surface area contributed by atoms with Crippen molar-refractivity contribution in [2.75, 3.05) is 7.11 Å². The lowest BCUT2D eigenvalue weighted by Gasteiger charge is -2.23. The number of methoxy groups -OCH3 is 1. The average molecular weight is 204 g/mol. The lowest BCUT2D eigenvalue weighted by Crippen LogP contribution is -2.18. The molecule has 0 radical (unpaired) electrons. The first-order chi connectivity index (χ1) is 7.16. The van der Waals surface area contributed by atoms with Crippen LogP contribution in [-0.2, 0) is 10.2 Å². The number of hydrogen-bond acceptors (Lipinski definition) is 2. The Balaban J connectivity index is 3.01. The molecule has 15 heavy (non-hydrogen) atoms.